The molecule has 0 aliphatic rings. The quantitative estimate of drug-likeness (QED) is 0.622. The third kappa shape index (κ3) is 4.14. The van der Waals surface area contributed by atoms with Gasteiger partial charge in [0.05, 0.1) is 0 Å². The molecule has 5 heteroatoms. The standard InChI is InChI=1S/C8H11O2PS2/c1-2-7-3-5-8(6-4-7)10-11(9,12)13/h3-6H,2H2,1H3,(H2,9,12,13). The van der Waals surface area contributed by atoms with E-state index in [1.165, 1.54) is 5.56 Å². The van der Waals surface area contributed by atoms with Crippen molar-refractivity contribution in [3.8, 4) is 5.75 Å². The molecule has 0 bridgehead atoms. The molecule has 1 rings (SSSR count). The van der Waals surface area contributed by atoms with Gasteiger partial charge in [0.25, 0.3) is 5.69 Å². The zero-order valence-corrected chi connectivity index (χ0v) is 9.78. The molecule has 0 radical (unpaired) electrons. The van der Waals surface area contributed by atoms with Crippen LogP contribution in [0.4, 0.5) is 0 Å². The number of benzene rings is 1. The lowest BCUT2D eigenvalue weighted by Gasteiger charge is -2.10. The fraction of sp³-hybridized carbons (Fsp3) is 0.250. The van der Waals surface area contributed by atoms with Gasteiger partial charge in [0.2, 0.25) is 0 Å². The van der Waals surface area contributed by atoms with E-state index in [0.29, 0.717) is 5.75 Å². The Morgan fingerprint density at radius 3 is 2.38 bits per heavy atom. The van der Waals surface area contributed by atoms with E-state index in [9.17, 15) is 0 Å². The van der Waals surface area contributed by atoms with Gasteiger partial charge in [0.15, 0.2) is 0 Å². The van der Waals surface area contributed by atoms with E-state index in [2.05, 4.69) is 31.0 Å². The Hall–Kier alpha value is -0.0200. The molecule has 2 nitrogen and oxygen atoms in total. The van der Waals surface area contributed by atoms with Crippen LogP contribution in [0.2, 0.25) is 0 Å². The molecule has 0 saturated heterocycles. The molecule has 72 valence electrons. The minimum absolute atomic E-state index is 0.568. The van der Waals surface area contributed by atoms with E-state index in [1.54, 1.807) is 12.1 Å². The van der Waals surface area contributed by atoms with Crippen LogP contribution in [-0.2, 0) is 18.2 Å². The molecule has 1 atom stereocenters. The van der Waals surface area contributed by atoms with E-state index < -0.39 is 5.69 Å². The molecule has 0 fully saturated rings. The average Bonchev–Trinajstić information content (AvgIpc) is 2.03. The second-order valence-electron chi connectivity index (χ2n) is 2.58. The molecule has 13 heavy (non-hydrogen) atoms. The maximum atomic E-state index is 9.17. The second kappa shape index (κ2) is 4.47. The minimum Gasteiger partial charge on any atom is -0.436 e. The average molecular weight is 234 g/mol. The molecule has 0 aliphatic heterocycles. The van der Waals surface area contributed by atoms with Crippen molar-refractivity contribution in [3.63, 3.8) is 0 Å². The monoisotopic (exact) mass is 234 g/mol. The highest BCUT2D eigenvalue weighted by Crippen LogP contribution is 2.47. The fourth-order valence-corrected chi connectivity index (χ4v) is 1.86. The zero-order valence-electron chi connectivity index (χ0n) is 7.17. The molecule has 0 heterocycles. The molecule has 0 amide bonds. The van der Waals surface area contributed by atoms with Crippen molar-refractivity contribution in [2.24, 2.45) is 0 Å². The van der Waals surface area contributed by atoms with Gasteiger partial charge in [-0.15, -0.1) is 0 Å². The highest BCUT2D eigenvalue weighted by molar-refractivity contribution is 8.59. The van der Waals surface area contributed by atoms with Crippen LogP contribution in [0.3, 0.4) is 0 Å². The van der Waals surface area contributed by atoms with Gasteiger partial charge in [-0.3, -0.25) is 0 Å². The predicted molar refractivity (Wildman–Crippen MR) is 61.9 cm³/mol. The van der Waals surface area contributed by atoms with Crippen LogP contribution < -0.4 is 4.52 Å². The number of aryl methyl sites for hydroxylation is 1. The summed E-state index contributed by atoms with van der Waals surface area (Å²) >= 11 is 8.41. The Balaban J connectivity index is 2.76. The van der Waals surface area contributed by atoms with Crippen LogP contribution in [0, 0.1) is 0 Å². The fourth-order valence-electron chi connectivity index (χ4n) is 0.923. The van der Waals surface area contributed by atoms with E-state index in [0.717, 1.165) is 6.42 Å². The van der Waals surface area contributed by atoms with Gasteiger partial charge < -0.3 is 9.42 Å². The maximum absolute atomic E-state index is 9.17. The summed E-state index contributed by atoms with van der Waals surface area (Å²) in [6.07, 6.45) is 0.981. The summed E-state index contributed by atoms with van der Waals surface area (Å²) in [5.74, 6) is 0.568. The summed E-state index contributed by atoms with van der Waals surface area (Å²) in [7, 11) is 0. The molecule has 0 aliphatic carbocycles. The molecule has 0 spiro atoms. The first-order valence-electron chi connectivity index (χ1n) is 3.85. The van der Waals surface area contributed by atoms with Gasteiger partial charge in [0.1, 0.15) is 5.75 Å². The highest BCUT2D eigenvalue weighted by atomic mass is 32.9. The second-order valence-corrected chi connectivity index (χ2v) is 7.67. The number of thiol groups is 1. The molecule has 0 aromatic heterocycles. The van der Waals surface area contributed by atoms with Crippen molar-refractivity contribution in [1.82, 2.24) is 0 Å². The largest absolute Gasteiger partial charge is 0.436 e. The number of rotatable bonds is 3. The summed E-state index contributed by atoms with van der Waals surface area (Å²) < 4.78 is 5.05. The summed E-state index contributed by atoms with van der Waals surface area (Å²) in [5.41, 5.74) is -1.66. The Kier molecular flexibility index (Phi) is 3.80. The molecule has 1 aromatic carbocycles. The topological polar surface area (TPSA) is 29.5 Å². The lowest BCUT2D eigenvalue weighted by molar-refractivity contribution is 0.505. The van der Waals surface area contributed by atoms with Crippen LogP contribution in [0.1, 0.15) is 12.5 Å². The van der Waals surface area contributed by atoms with E-state index in [-0.39, 0.29) is 0 Å². The first kappa shape index (κ1) is 11.1. The van der Waals surface area contributed by atoms with Crippen molar-refractivity contribution in [2.45, 2.75) is 13.3 Å². The zero-order chi connectivity index (χ0) is 9.90. The molecule has 1 N–H and O–H groups in total. The first-order chi connectivity index (χ1) is 6.01. The van der Waals surface area contributed by atoms with Crippen LogP contribution >= 0.6 is 17.9 Å². The number of hydrogen-bond donors (Lipinski definition) is 2. The van der Waals surface area contributed by atoms with Gasteiger partial charge in [-0.2, -0.15) is 0 Å². The predicted octanol–water partition coefficient (Wildman–Crippen LogP) is 2.77. The van der Waals surface area contributed by atoms with Crippen LogP contribution in [-0.4, -0.2) is 4.89 Å². The van der Waals surface area contributed by atoms with Gasteiger partial charge >= 0.3 is 0 Å². The Morgan fingerprint density at radius 2 is 2.00 bits per heavy atom. The van der Waals surface area contributed by atoms with Crippen LogP contribution in [0.5, 0.6) is 5.75 Å². The highest BCUT2D eigenvalue weighted by Gasteiger charge is 2.07. The minimum atomic E-state index is -2.88. The molecule has 1 unspecified atom stereocenters. The van der Waals surface area contributed by atoms with Crippen molar-refractivity contribution in [3.05, 3.63) is 29.8 Å². The van der Waals surface area contributed by atoms with Gasteiger partial charge in [-0.05, 0) is 35.9 Å². The summed E-state index contributed by atoms with van der Waals surface area (Å²) in [5, 5.41) is 0. The van der Waals surface area contributed by atoms with E-state index >= 15 is 0 Å². The lowest BCUT2D eigenvalue weighted by atomic mass is 10.2. The molecule has 1 aromatic rings. The van der Waals surface area contributed by atoms with Gasteiger partial charge in [-0.25, -0.2) is 0 Å². The van der Waals surface area contributed by atoms with Gasteiger partial charge in [0, 0.05) is 0 Å². The molecule has 0 saturated carbocycles. The van der Waals surface area contributed by atoms with Crippen LogP contribution in [0.25, 0.3) is 0 Å². The summed E-state index contributed by atoms with van der Waals surface area (Å²) in [4.78, 5) is 9.17. The molecular formula is C8H11O2PS2. The van der Waals surface area contributed by atoms with Crippen LogP contribution in [0.15, 0.2) is 24.3 Å². The first-order valence-corrected chi connectivity index (χ1v) is 7.68. The Morgan fingerprint density at radius 1 is 1.46 bits per heavy atom. The van der Waals surface area contributed by atoms with Crippen molar-refractivity contribution in [2.75, 3.05) is 0 Å². The Bertz CT molecular complexity index is 317. The normalized spacial score (nSPS) is 15.0. The SMILES string of the molecule is CCc1ccc(OP(O)(=S)S)cc1. The summed E-state index contributed by atoms with van der Waals surface area (Å²) in [6, 6.07) is 7.45. The smallest absolute Gasteiger partial charge is 0.291 e. The maximum Gasteiger partial charge on any atom is 0.291 e. The number of hydrogen-bond acceptors (Lipinski definition) is 2. The van der Waals surface area contributed by atoms with E-state index in [4.69, 9.17) is 9.42 Å². The Labute approximate surface area is 88.3 Å². The third-order valence-electron chi connectivity index (χ3n) is 1.56. The van der Waals surface area contributed by atoms with Crippen molar-refractivity contribution < 1.29 is 9.42 Å². The lowest BCUT2D eigenvalue weighted by Crippen LogP contribution is -1.86. The van der Waals surface area contributed by atoms with Gasteiger partial charge in [-0.1, -0.05) is 31.3 Å². The van der Waals surface area contributed by atoms with Crippen molar-refractivity contribution >= 4 is 29.7 Å². The molecular weight excluding hydrogens is 223 g/mol. The van der Waals surface area contributed by atoms with E-state index in [1.807, 2.05) is 12.1 Å². The van der Waals surface area contributed by atoms with Crippen molar-refractivity contribution in [1.29, 1.82) is 0 Å². The third-order valence-corrected chi connectivity index (χ3v) is 2.47. The summed E-state index contributed by atoms with van der Waals surface area (Å²) in [6.45, 7) is 2.07.